The van der Waals surface area contributed by atoms with Crippen molar-refractivity contribution in [1.82, 2.24) is 39.1 Å². The molecule has 4 N–H and O–H groups in total. The van der Waals surface area contributed by atoms with E-state index >= 15 is 0 Å². The highest BCUT2D eigenvalue weighted by Gasteiger charge is 2.28. The molecule has 0 aliphatic carbocycles. The number of H-pyrrole nitrogens is 1. The van der Waals surface area contributed by atoms with Crippen molar-refractivity contribution in [1.29, 1.82) is 0 Å². The van der Waals surface area contributed by atoms with Gasteiger partial charge in [-0.2, -0.15) is 4.98 Å². The minimum Gasteiger partial charge on any atom is -0.710 e. The molecular formula is C48H66N12O8S3. The van der Waals surface area contributed by atoms with Crippen molar-refractivity contribution in [2.24, 2.45) is 17.8 Å². The monoisotopic (exact) mass is 1030 g/mol. The van der Waals surface area contributed by atoms with Crippen LogP contribution in [0.15, 0.2) is 72.0 Å². The Bertz CT molecular complexity index is 3250. The molecule has 3 aliphatic rings. The van der Waals surface area contributed by atoms with E-state index in [-0.39, 0.29) is 17.5 Å². The highest BCUT2D eigenvalue weighted by Crippen LogP contribution is 2.30. The van der Waals surface area contributed by atoms with Gasteiger partial charge in [0, 0.05) is 69.7 Å². The first-order valence-electron chi connectivity index (χ1n) is 23.9. The van der Waals surface area contributed by atoms with Crippen LogP contribution in [0.25, 0.3) is 32.7 Å². The SMILES string of the molecule is Cc1ccc2[nH]c(=O)nc(N3CCCC(CNS(C)(=O)=O)C3)c2c1.Cc1ccc2c(c1)c(N1CCCC(CNS(C)(=O)=O)C1)nc[n+]2[O-].Cc1ccc2ncnc(N3CCCC(CNS(C)(=O)=O)C3)c2c1. The molecule has 0 radical (unpaired) electrons. The number of sulfonamides is 3. The van der Waals surface area contributed by atoms with Crippen LogP contribution in [0.1, 0.15) is 55.2 Å². The predicted molar refractivity (Wildman–Crippen MR) is 280 cm³/mol. The normalized spacial score (nSPS) is 19.0. The van der Waals surface area contributed by atoms with Crippen molar-refractivity contribution >= 4 is 80.2 Å². The molecule has 3 aromatic carbocycles. The molecule has 3 unspecified atom stereocenters. The number of hydrogen-bond donors (Lipinski definition) is 4. The number of anilines is 3. The van der Waals surface area contributed by atoms with Crippen molar-refractivity contribution in [3.63, 3.8) is 0 Å². The van der Waals surface area contributed by atoms with Crippen molar-refractivity contribution in [2.45, 2.75) is 59.3 Å². The number of rotatable bonds is 12. The topological polar surface area (TPSA) is 260 Å². The molecule has 3 aliphatic heterocycles. The fourth-order valence-corrected chi connectivity index (χ4v) is 11.1. The van der Waals surface area contributed by atoms with E-state index in [4.69, 9.17) is 0 Å². The van der Waals surface area contributed by atoms with Gasteiger partial charge in [-0.15, -0.1) is 0 Å². The van der Waals surface area contributed by atoms with E-state index in [1.807, 2.05) is 62.4 Å². The number of hydrogen-bond acceptors (Lipinski definition) is 15. The molecule has 384 valence electrons. The average Bonchev–Trinajstić information content (AvgIpc) is 3.32. The molecule has 0 saturated carbocycles. The summed E-state index contributed by atoms with van der Waals surface area (Å²) in [5.74, 6) is 3.16. The standard InChI is InChI=1S/2C16H22N4O3S.C16H22N4O2S/c1-12-5-6-15-14(8-12)16(17-11-20(15)21)19-7-3-4-13(10-19)9-18-24(2,22)23;1-11-5-6-14-13(8-11)15(19-16(21)18-14)20-7-3-4-12(10-20)9-17-24(2,22)23;1-12-5-6-15-14(8-12)16(18-11-17-15)20-7-3-4-13(10-20)9-19-23(2,21)22/h5-6,8,11,13,18H,3-4,7,9-10H2,1-2H3;5-6,8,12,17H,3-4,7,9-10H2,1-2H3,(H,18,19,21);5-6,8,11,13,19H,3-4,7,9-10H2,1-2H3. The summed E-state index contributed by atoms with van der Waals surface area (Å²) in [4.78, 5) is 38.5. The summed E-state index contributed by atoms with van der Waals surface area (Å²) in [6, 6.07) is 17.8. The summed E-state index contributed by atoms with van der Waals surface area (Å²) in [5, 5.41) is 14.8. The van der Waals surface area contributed by atoms with Gasteiger partial charge in [0.15, 0.2) is 0 Å². The van der Waals surface area contributed by atoms with Crippen LogP contribution in [0.5, 0.6) is 0 Å². The van der Waals surface area contributed by atoms with E-state index < -0.39 is 30.1 Å². The summed E-state index contributed by atoms with van der Waals surface area (Å²) >= 11 is 0. The van der Waals surface area contributed by atoms with Crippen molar-refractivity contribution < 1.29 is 30.0 Å². The lowest BCUT2D eigenvalue weighted by Gasteiger charge is -2.34. The zero-order valence-corrected chi connectivity index (χ0v) is 43.7. The molecule has 3 atom stereocenters. The first-order valence-corrected chi connectivity index (χ1v) is 29.5. The second kappa shape index (κ2) is 22.9. The predicted octanol–water partition coefficient (Wildman–Crippen LogP) is 3.64. The number of aromatic nitrogens is 6. The molecule has 3 aromatic heterocycles. The zero-order chi connectivity index (χ0) is 51.1. The van der Waals surface area contributed by atoms with Crippen LogP contribution in [0.4, 0.5) is 17.5 Å². The maximum atomic E-state index is 12.0. The van der Waals surface area contributed by atoms with Gasteiger partial charge in [-0.1, -0.05) is 29.3 Å². The van der Waals surface area contributed by atoms with E-state index in [2.05, 4.69) is 66.8 Å². The van der Waals surface area contributed by atoms with Gasteiger partial charge in [0.05, 0.1) is 35.2 Å². The lowest BCUT2D eigenvalue weighted by molar-refractivity contribution is -0.580. The van der Waals surface area contributed by atoms with E-state index in [0.29, 0.717) is 43.4 Å². The largest absolute Gasteiger partial charge is 0.710 e. The molecule has 6 heterocycles. The first-order chi connectivity index (χ1) is 33.6. The number of benzene rings is 3. The Balaban J connectivity index is 0.000000157. The van der Waals surface area contributed by atoms with Gasteiger partial charge in [-0.05, 0) is 124 Å². The quantitative estimate of drug-likeness (QED) is 0.101. The molecule has 71 heavy (non-hydrogen) atoms. The third-order valence-corrected chi connectivity index (χ3v) is 15.0. The number of aromatic amines is 1. The molecule has 0 bridgehead atoms. The van der Waals surface area contributed by atoms with Crippen LogP contribution in [0.3, 0.4) is 0 Å². The summed E-state index contributed by atoms with van der Waals surface area (Å²) in [5.41, 5.74) is 5.30. The summed E-state index contributed by atoms with van der Waals surface area (Å²) in [6.07, 6.45) is 12.4. The Labute approximate surface area is 416 Å². The average molecular weight is 1040 g/mol. The molecule has 20 nitrogen and oxygen atoms in total. The molecule has 6 aromatic rings. The Hall–Kier alpha value is -5.59. The molecule has 23 heteroatoms. The van der Waals surface area contributed by atoms with Gasteiger partial charge in [0.25, 0.3) is 12.1 Å². The fraction of sp³-hybridized carbons (Fsp3) is 0.500. The van der Waals surface area contributed by atoms with Gasteiger partial charge in [0.2, 0.25) is 30.1 Å². The van der Waals surface area contributed by atoms with Gasteiger partial charge < -0.3 is 24.9 Å². The number of aryl methyl sites for hydroxylation is 3. The Morgan fingerprint density at radius 3 is 1.58 bits per heavy atom. The molecule has 3 saturated heterocycles. The molecule has 3 fully saturated rings. The van der Waals surface area contributed by atoms with Crippen molar-refractivity contribution in [3.05, 3.63) is 99.6 Å². The van der Waals surface area contributed by atoms with Gasteiger partial charge in [0.1, 0.15) is 23.5 Å². The summed E-state index contributed by atoms with van der Waals surface area (Å²) in [7, 11) is -9.51. The highest BCUT2D eigenvalue weighted by molar-refractivity contribution is 7.89. The van der Waals surface area contributed by atoms with Crippen LogP contribution < -0.4 is 39.3 Å². The third-order valence-electron chi connectivity index (χ3n) is 12.9. The van der Waals surface area contributed by atoms with E-state index in [0.717, 1.165) is 126 Å². The minimum atomic E-state index is -3.19. The fourth-order valence-electron chi connectivity index (χ4n) is 9.49. The maximum Gasteiger partial charge on any atom is 0.347 e. The number of nitrogens with zero attached hydrogens (tertiary/aromatic N) is 8. The molecule has 0 amide bonds. The van der Waals surface area contributed by atoms with Crippen LogP contribution >= 0.6 is 0 Å². The minimum absolute atomic E-state index is 0.203. The number of piperidine rings is 3. The van der Waals surface area contributed by atoms with Gasteiger partial charge in [-0.25, -0.2) is 58.9 Å². The van der Waals surface area contributed by atoms with Gasteiger partial charge >= 0.3 is 5.69 Å². The smallest absolute Gasteiger partial charge is 0.347 e. The molecule has 9 rings (SSSR count). The second-order valence-electron chi connectivity index (χ2n) is 19.3. The second-order valence-corrected chi connectivity index (χ2v) is 24.8. The van der Waals surface area contributed by atoms with Crippen LogP contribution in [0, 0.1) is 43.7 Å². The first kappa shape index (κ1) is 53.2. The Kier molecular flexibility index (Phi) is 17.1. The lowest BCUT2D eigenvalue weighted by atomic mass is 9.98. The Morgan fingerprint density at radius 1 is 0.606 bits per heavy atom. The highest BCUT2D eigenvalue weighted by atomic mass is 32.2. The van der Waals surface area contributed by atoms with Crippen molar-refractivity contribution in [2.75, 3.05) is 92.4 Å². The van der Waals surface area contributed by atoms with E-state index in [1.165, 1.54) is 30.7 Å². The zero-order valence-electron chi connectivity index (χ0n) is 41.3. The lowest BCUT2D eigenvalue weighted by Crippen LogP contribution is -2.41. The van der Waals surface area contributed by atoms with Gasteiger partial charge in [-0.3, -0.25) is 0 Å². The third kappa shape index (κ3) is 15.2. The number of fused-ring (bicyclic) bond motifs is 3. The molecular weight excluding hydrogens is 969 g/mol. The van der Waals surface area contributed by atoms with Crippen molar-refractivity contribution in [3.8, 4) is 0 Å². The van der Waals surface area contributed by atoms with Crippen LogP contribution in [-0.4, -0.2) is 128 Å². The maximum absolute atomic E-state index is 12.0. The van der Waals surface area contributed by atoms with Crippen LogP contribution in [-0.2, 0) is 30.1 Å². The van der Waals surface area contributed by atoms with Crippen LogP contribution in [0.2, 0.25) is 0 Å². The Morgan fingerprint density at radius 2 is 1.06 bits per heavy atom. The van der Waals surface area contributed by atoms with E-state index in [9.17, 15) is 35.3 Å². The number of nitrogens with one attached hydrogen (secondary N) is 4. The summed E-state index contributed by atoms with van der Waals surface area (Å²) < 4.78 is 76.4. The summed E-state index contributed by atoms with van der Waals surface area (Å²) in [6.45, 7) is 12.2. The van der Waals surface area contributed by atoms with E-state index in [1.54, 1.807) is 6.33 Å². The molecule has 0 spiro atoms.